The fourth-order valence-corrected chi connectivity index (χ4v) is 0.252. The molecule has 0 saturated heterocycles. The Labute approximate surface area is 75.8 Å². The summed E-state index contributed by atoms with van der Waals surface area (Å²) in [5.41, 5.74) is 0.995. The molecule has 0 saturated carbocycles. The van der Waals surface area contributed by atoms with Crippen molar-refractivity contribution in [1.82, 2.24) is 10.2 Å². The third-order valence-electron chi connectivity index (χ3n) is 0.535. The molecule has 46 valence electrons. The van der Waals surface area contributed by atoms with E-state index in [-0.39, 0.29) is 40.8 Å². The summed E-state index contributed by atoms with van der Waals surface area (Å²) in [6.45, 7) is 1.90. The standard InChI is InChI=1S/C4H4N2.2Re/c1-4-2-5-6-3-4;;/h2H,1H3;;/q-2;;. The van der Waals surface area contributed by atoms with Gasteiger partial charge in [-0.3, -0.25) is 0 Å². The first-order chi connectivity index (χ1) is 2.89. The van der Waals surface area contributed by atoms with Crippen LogP contribution in [0.5, 0.6) is 0 Å². The molecule has 0 fully saturated rings. The summed E-state index contributed by atoms with van der Waals surface area (Å²) in [7, 11) is 0. The Morgan fingerprint density at radius 1 is 1.62 bits per heavy atom. The van der Waals surface area contributed by atoms with Crippen molar-refractivity contribution in [2.45, 2.75) is 6.92 Å². The maximum absolute atomic E-state index is 3.52. The van der Waals surface area contributed by atoms with Gasteiger partial charge in [-0.15, -0.1) is 0 Å². The minimum Gasteiger partial charge on any atom is -0.686 e. The predicted molar refractivity (Wildman–Crippen MR) is 21.1 cm³/mol. The van der Waals surface area contributed by atoms with Gasteiger partial charge in [0.2, 0.25) is 0 Å². The third kappa shape index (κ3) is 3.53. The van der Waals surface area contributed by atoms with Crippen molar-refractivity contribution < 1.29 is 40.8 Å². The summed E-state index contributed by atoms with van der Waals surface area (Å²) < 4.78 is 0. The number of aryl methyl sites for hydroxylation is 1. The first kappa shape index (κ1) is 11.3. The molecule has 0 unspecified atom stereocenters. The van der Waals surface area contributed by atoms with Crippen LogP contribution >= 0.6 is 0 Å². The van der Waals surface area contributed by atoms with E-state index in [1.54, 1.807) is 6.20 Å². The molecule has 0 N–H and O–H groups in total. The molecule has 4 heteroatoms. The maximum atomic E-state index is 3.52. The van der Waals surface area contributed by atoms with Gasteiger partial charge in [0.05, 0.1) is 0 Å². The Morgan fingerprint density at radius 2 is 2.25 bits per heavy atom. The van der Waals surface area contributed by atoms with Gasteiger partial charge in [0.25, 0.3) is 0 Å². The fourth-order valence-electron chi connectivity index (χ4n) is 0.252. The molecule has 0 amide bonds. The molecule has 8 heavy (non-hydrogen) atoms. The second-order valence-corrected chi connectivity index (χ2v) is 1.14. The van der Waals surface area contributed by atoms with E-state index in [0.717, 1.165) is 5.56 Å². The van der Waals surface area contributed by atoms with Crippen LogP contribution in [0.15, 0.2) is 6.20 Å². The van der Waals surface area contributed by atoms with Crippen molar-refractivity contribution in [2.24, 2.45) is 0 Å². The molecule has 0 aliphatic rings. The van der Waals surface area contributed by atoms with Crippen LogP contribution in [0.2, 0.25) is 0 Å². The average molecular weight is 453 g/mol. The van der Waals surface area contributed by atoms with E-state index >= 15 is 0 Å². The zero-order valence-electron chi connectivity index (χ0n) is 4.23. The summed E-state index contributed by atoms with van der Waals surface area (Å²) in [5, 5.41) is 6.96. The Kier molecular flexibility index (Phi) is 8.04. The molecular formula is C4H4N2Re2-2. The topological polar surface area (TPSA) is 27.0 Å². The number of aromatic nitrogens is 2. The first-order valence-electron chi connectivity index (χ1n) is 1.72. The number of hydrogen-bond donors (Lipinski definition) is 0. The van der Waals surface area contributed by atoms with Gasteiger partial charge in [0.15, 0.2) is 0 Å². The third-order valence-corrected chi connectivity index (χ3v) is 0.535. The summed E-state index contributed by atoms with van der Waals surface area (Å²) >= 11 is 0. The van der Waals surface area contributed by atoms with Gasteiger partial charge in [-0.25, -0.2) is 5.56 Å². The normalized spacial score (nSPS) is 6.62. The number of nitrogens with zero attached hydrogens (tertiary/aromatic N) is 2. The second kappa shape index (κ2) is 5.67. The van der Waals surface area contributed by atoms with Gasteiger partial charge in [0.1, 0.15) is 0 Å². The summed E-state index contributed by atoms with van der Waals surface area (Å²) in [6.07, 6.45) is 4.31. The van der Waals surface area contributed by atoms with E-state index in [1.165, 1.54) is 0 Å². The van der Waals surface area contributed by atoms with Crippen LogP contribution in [0.4, 0.5) is 0 Å². The van der Waals surface area contributed by atoms with Crippen LogP contribution in [0.3, 0.4) is 0 Å². The molecule has 0 bridgehead atoms. The summed E-state index contributed by atoms with van der Waals surface area (Å²) in [5.74, 6) is 0. The Balaban J connectivity index is 0. The van der Waals surface area contributed by atoms with Crippen LogP contribution in [0, 0.1) is 13.1 Å². The summed E-state index contributed by atoms with van der Waals surface area (Å²) in [4.78, 5) is 0. The molecule has 0 atom stereocenters. The van der Waals surface area contributed by atoms with Gasteiger partial charge in [-0.2, -0.15) is 6.20 Å². The van der Waals surface area contributed by atoms with E-state index in [2.05, 4.69) is 16.4 Å². The quantitative estimate of drug-likeness (QED) is 0.524. The predicted octanol–water partition coefficient (Wildman–Crippen LogP) is 0.142. The van der Waals surface area contributed by atoms with E-state index in [1.807, 2.05) is 6.92 Å². The van der Waals surface area contributed by atoms with Crippen molar-refractivity contribution in [3.63, 3.8) is 0 Å². The Morgan fingerprint density at radius 3 is 2.38 bits per heavy atom. The van der Waals surface area contributed by atoms with Crippen LogP contribution in [-0.2, 0) is 40.8 Å². The summed E-state index contributed by atoms with van der Waals surface area (Å²) in [6, 6.07) is 0. The van der Waals surface area contributed by atoms with E-state index < -0.39 is 0 Å². The minimum atomic E-state index is 0. The molecule has 0 spiro atoms. The Bertz CT molecular complexity index is 116. The van der Waals surface area contributed by atoms with Crippen LogP contribution in [0.1, 0.15) is 5.56 Å². The Hall–Kier alpha value is 0.535. The van der Waals surface area contributed by atoms with Crippen molar-refractivity contribution >= 4 is 0 Å². The van der Waals surface area contributed by atoms with Gasteiger partial charge in [-0.1, -0.05) is 6.92 Å². The number of hydrogen-bond acceptors (Lipinski definition) is 1. The average Bonchev–Trinajstić information content (AvgIpc) is 1.86. The SMILES string of the molecule is Cc1[c-]n[n-]c1.[Re].[Re]. The first-order valence-corrected chi connectivity index (χ1v) is 1.72. The fraction of sp³-hybridized carbons (Fsp3) is 0.250. The van der Waals surface area contributed by atoms with Crippen molar-refractivity contribution in [3.05, 3.63) is 18.0 Å². The van der Waals surface area contributed by atoms with Gasteiger partial charge < -0.3 is 16.4 Å². The maximum Gasteiger partial charge on any atom is 0 e. The van der Waals surface area contributed by atoms with E-state index in [9.17, 15) is 0 Å². The molecule has 1 rings (SSSR count). The molecule has 0 aromatic carbocycles. The van der Waals surface area contributed by atoms with Crippen LogP contribution < -0.4 is 5.10 Å². The molecule has 1 heterocycles. The molecule has 2 radical (unpaired) electrons. The van der Waals surface area contributed by atoms with Crippen molar-refractivity contribution in [1.29, 1.82) is 0 Å². The molecule has 0 aliphatic carbocycles. The zero-order valence-corrected chi connectivity index (χ0v) is 9.66. The zero-order chi connectivity index (χ0) is 4.41. The smallest absolute Gasteiger partial charge is 0 e. The van der Waals surface area contributed by atoms with Crippen molar-refractivity contribution in [2.75, 3.05) is 0 Å². The minimum absolute atomic E-state index is 0. The van der Waals surface area contributed by atoms with Gasteiger partial charge in [0, 0.05) is 40.8 Å². The molecule has 0 aliphatic heterocycles. The largest absolute Gasteiger partial charge is 0.686 e. The van der Waals surface area contributed by atoms with Gasteiger partial charge in [-0.05, 0) is 0 Å². The molecule has 1 aromatic heterocycles. The molecule has 1 aromatic rings. The molecular weight excluding hydrogens is 448 g/mol. The second-order valence-electron chi connectivity index (χ2n) is 1.14. The van der Waals surface area contributed by atoms with Crippen LogP contribution in [0.25, 0.3) is 0 Å². The van der Waals surface area contributed by atoms with Gasteiger partial charge >= 0.3 is 0 Å². The van der Waals surface area contributed by atoms with E-state index in [0.29, 0.717) is 0 Å². The van der Waals surface area contributed by atoms with Crippen molar-refractivity contribution in [3.8, 4) is 0 Å². The van der Waals surface area contributed by atoms with Crippen LogP contribution in [-0.4, -0.2) is 5.10 Å². The monoisotopic (exact) mass is 454 g/mol. The van der Waals surface area contributed by atoms with E-state index in [4.69, 9.17) is 0 Å². The molecule has 2 nitrogen and oxygen atoms in total. The number of rotatable bonds is 0.